The molecule has 3 atom stereocenters. The lowest BCUT2D eigenvalue weighted by atomic mass is 10.2. The van der Waals surface area contributed by atoms with Crippen molar-refractivity contribution in [2.24, 2.45) is 5.92 Å². The van der Waals surface area contributed by atoms with Gasteiger partial charge in [0.2, 0.25) is 0 Å². The third-order valence-corrected chi connectivity index (χ3v) is 3.70. The number of thioether (sulfide) groups is 1. The van der Waals surface area contributed by atoms with Crippen molar-refractivity contribution in [3.8, 4) is 0 Å². The molecular weight excluding hydrogens is 158 g/mol. The van der Waals surface area contributed by atoms with Gasteiger partial charge in [-0.1, -0.05) is 0 Å². The molecule has 2 rings (SSSR count). The van der Waals surface area contributed by atoms with Crippen LogP contribution in [-0.2, 0) is 0 Å². The molecule has 0 amide bonds. The van der Waals surface area contributed by atoms with Gasteiger partial charge in [0, 0.05) is 24.4 Å². The van der Waals surface area contributed by atoms with E-state index in [0.717, 1.165) is 6.04 Å². The summed E-state index contributed by atoms with van der Waals surface area (Å²) in [7, 11) is 0. The molecule has 0 bridgehead atoms. The Morgan fingerprint density at radius 2 is 2.45 bits per heavy atom. The van der Waals surface area contributed by atoms with Crippen LogP contribution in [0.4, 0.5) is 0 Å². The van der Waals surface area contributed by atoms with Crippen molar-refractivity contribution in [2.75, 3.05) is 18.1 Å². The van der Waals surface area contributed by atoms with E-state index in [4.69, 9.17) is 5.11 Å². The largest absolute Gasteiger partial charge is 0.396 e. The van der Waals surface area contributed by atoms with Crippen LogP contribution < -0.4 is 5.32 Å². The van der Waals surface area contributed by atoms with Crippen molar-refractivity contribution < 1.29 is 5.11 Å². The number of hydrogen-bond acceptors (Lipinski definition) is 3. The van der Waals surface area contributed by atoms with E-state index >= 15 is 0 Å². The van der Waals surface area contributed by atoms with Crippen LogP contribution in [-0.4, -0.2) is 35.3 Å². The molecular formula is C8H15NOS. The quantitative estimate of drug-likeness (QED) is 0.650. The summed E-state index contributed by atoms with van der Waals surface area (Å²) in [6.45, 7) is 0.373. The van der Waals surface area contributed by atoms with Crippen molar-refractivity contribution in [3.63, 3.8) is 0 Å². The van der Waals surface area contributed by atoms with Crippen LogP contribution in [0.25, 0.3) is 0 Å². The molecule has 1 saturated carbocycles. The number of nitrogens with one attached hydrogen (secondary N) is 1. The maximum atomic E-state index is 8.81. The van der Waals surface area contributed by atoms with Crippen LogP contribution in [0.2, 0.25) is 0 Å². The predicted octanol–water partition coefficient (Wildman–Crippen LogP) is 0.462. The zero-order valence-corrected chi connectivity index (χ0v) is 7.44. The monoisotopic (exact) mass is 173 g/mol. The summed E-state index contributed by atoms with van der Waals surface area (Å²) in [6, 6.07) is 1.38. The lowest BCUT2D eigenvalue weighted by molar-refractivity contribution is 0.269. The fourth-order valence-electron chi connectivity index (χ4n) is 1.62. The van der Waals surface area contributed by atoms with Gasteiger partial charge in [-0.15, -0.1) is 0 Å². The fraction of sp³-hybridized carbons (Fsp3) is 1.00. The number of rotatable bonds is 3. The van der Waals surface area contributed by atoms with Gasteiger partial charge in [0.1, 0.15) is 0 Å². The summed E-state index contributed by atoms with van der Waals surface area (Å²) < 4.78 is 0. The summed E-state index contributed by atoms with van der Waals surface area (Å²) in [4.78, 5) is 0. The molecule has 2 aliphatic rings. The summed E-state index contributed by atoms with van der Waals surface area (Å²) in [5.41, 5.74) is 0. The molecule has 2 N–H and O–H groups in total. The minimum absolute atomic E-state index is 0.373. The van der Waals surface area contributed by atoms with Gasteiger partial charge in [0.05, 0.1) is 0 Å². The molecule has 0 aromatic rings. The molecule has 1 aliphatic heterocycles. The van der Waals surface area contributed by atoms with Crippen molar-refractivity contribution >= 4 is 11.8 Å². The van der Waals surface area contributed by atoms with Gasteiger partial charge >= 0.3 is 0 Å². The maximum Gasteiger partial charge on any atom is 0.0474 e. The summed E-state index contributed by atoms with van der Waals surface area (Å²) in [6.07, 6.45) is 2.51. The normalized spacial score (nSPS) is 42.8. The number of aliphatic hydroxyl groups excluding tert-OH is 1. The van der Waals surface area contributed by atoms with Crippen LogP contribution in [0.1, 0.15) is 12.8 Å². The van der Waals surface area contributed by atoms with Gasteiger partial charge in [-0.25, -0.2) is 0 Å². The Morgan fingerprint density at radius 3 is 3.00 bits per heavy atom. The molecule has 1 heterocycles. The molecule has 11 heavy (non-hydrogen) atoms. The molecule has 64 valence electrons. The highest BCUT2D eigenvalue weighted by atomic mass is 32.2. The average Bonchev–Trinajstić information content (AvgIpc) is 2.54. The van der Waals surface area contributed by atoms with Crippen LogP contribution >= 0.6 is 11.8 Å². The van der Waals surface area contributed by atoms with Gasteiger partial charge in [-0.2, -0.15) is 11.8 Å². The Bertz CT molecular complexity index is 136. The van der Waals surface area contributed by atoms with Gasteiger partial charge in [0.15, 0.2) is 0 Å². The molecule has 0 radical (unpaired) electrons. The third-order valence-electron chi connectivity index (χ3n) is 2.54. The van der Waals surface area contributed by atoms with E-state index in [1.807, 2.05) is 11.8 Å². The van der Waals surface area contributed by atoms with Gasteiger partial charge in [-0.05, 0) is 24.5 Å². The maximum absolute atomic E-state index is 8.81. The summed E-state index contributed by atoms with van der Waals surface area (Å²) >= 11 is 2.04. The minimum atomic E-state index is 0.373. The molecule has 0 aromatic heterocycles. The highest BCUT2D eigenvalue weighted by molar-refractivity contribution is 7.99. The number of hydrogen-bond donors (Lipinski definition) is 2. The van der Waals surface area contributed by atoms with E-state index in [0.29, 0.717) is 18.6 Å². The van der Waals surface area contributed by atoms with Gasteiger partial charge in [0.25, 0.3) is 0 Å². The van der Waals surface area contributed by atoms with E-state index in [-0.39, 0.29) is 0 Å². The standard InChI is InChI=1S/C8H15NOS/c10-4-6-3-8(6)9-7-1-2-11-5-7/h6-10H,1-5H2/t6-,7?,8+/m0/s1. The molecule has 3 heteroatoms. The predicted molar refractivity (Wildman–Crippen MR) is 47.8 cm³/mol. The first-order valence-corrected chi connectivity index (χ1v) is 5.50. The highest BCUT2D eigenvalue weighted by Gasteiger charge is 2.37. The van der Waals surface area contributed by atoms with Crippen LogP contribution in [0, 0.1) is 5.92 Å². The molecule has 1 saturated heterocycles. The molecule has 0 aromatic carbocycles. The number of aliphatic hydroxyl groups is 1. The third kappa shape index (κ3) is 1.89. The second-order valence-corrected chi connectivity index (χ2v) is 4.66. The molecule has 0 spiro atoms. The Kier molecular flexibility index (Phi) is 2.39. The van der Waals surface area contributed by atoms with E-state index in [9.17, 15) is 0 Å². The van der Waals surface area contributed by atoms with E-state index in [1.54, 1.807) is 0 Å². The Morgan fingerprint density at radius 1 is 1.55 bits per heavy atom. The zero-order chi connectivity index (χ0) is 7.68. The summed E-state index contributed by atoms with van der Waals surface area (Å²) in [5, 5.41) is 12.4. The lowest BCUT2D eigenvalue weighted by Crippen LogP contribution is -2.31. The highest BCUT2D eigenvalue weighted by Crippen LogP contribution is 2.31. The lowest BCUT2D eigenvalue weighted by Gasteiger charge is -2.09. The topological polar surface area (TPSA) is 32.3 Å². The van der Waals surface area contributed by atoms with Gasteiger partial charge < -0.3 is 10.4 Å². The zero-order valence-electron chi connectivity index (χ0n) is 6.62. The first-order valence-electron chi connectivity index (χ1n) is 4.35. The first-order chi connectivity index (χ1) is 5.40. The van der Waals surface area contributed by atoms with Crippen molar-refractivity contribution in [1.82, 2.24) is 5.32 Å². The van der Waals surface area contributed by atoms with Crippen molar-refractivity contribution in [1.29, 1.82) is 0 Å². The SMILES string of the molecule is OC[C@@H]1C[C@H]1NC1CCSC1. The van der Waals surface area contributed by atoms with Crippen LogP contribution in [0.15, 0.2) is 0 Å². The summed E-state index contributed by atoms with van der Waals surface area (Å²) in [5.74, 6) is 3.16. The molecule has 1 unspecified atom stereocenters. The average molecular weight is 173 g/mol. The van der Waals surface area contributed by atoms with Crippen LogP contribution in [0.5, 0.6) is 0 Å². The Hall–Kier alpha value is 0.270. The van der Waals surface area contributed by atoms with E-state index < -0.39 is 0 Å². The van der Waals surface area contributed by atoms with E-state index in [2.05, 4.69) is 5.32 Å². The van der Waals surface area contributed by atoms with Crippen LogP contribution in [0.3, 0.4) is 0 Å². The second-order valence-electron chi connectivity index (χ2n) is 3.51. The Balaban J connectivity index is 1.66. The van der Waals surface area contributed by atoms with Gasteiger partial charge in [-0.3, -0.25) is 0 Å². The molecule has 2 nitrogen and oxygen atoms in total. The van der Waals surface area contributed by atoms with Crippen molar-refractivity contribution in [3.05, 3.63) is 0 Å². The molecule has 2 fully saturated rings. The van der Waals surface area contributed by atoms with E-state index in [1.165, 1.54) is 24.3 Å². The second kappa shape index (κ2) is 3.33. The Labute approximate surface area is 71.7 Å². The van der Waals surface area contributed by atoms with Crippen molar-refractivity contribution in [2.45, 2.75) is 24.9 Å². The smallest absolute Gasteiger partial charge is 0.0474 e. The molecule has 1 aliphatic carbocycles. The first kappa shape index (κ1) is 7.90. The fourth-order valence-corrected chi connectivity index (χ4v) is 2.79. The minimum Gasteiger partial charge on any atom is -0.396 e.